The van der Waals surface area contributed by atoms with Crippen LogP contribution in [0.25, 0.3) is 17.2 Å². The summed E-state index contributed by atoms with van der Waals surface area (Å²) in [6, 6.07) is 4.39. The van der Waals surface area contributed by atoms with Gasteiger partial charge in [-0.2, -0.15) is 0 Å². The third-order valence-electron chi connectivity index (χ3n) is 4.44. The monoisotopic (exact) mass is 390 g/mol. The molecule has 140 valence electrons. The Labute approximate surface area is 158 Å². The number of aromatic nitrogens is 4. The molecule has 0 saturated carbocycles. The topological polar surface area (TPSA) is 95.7 Å². The van der Waals surface area contributed by atoms with Crippen molar-refractivity contribution in [2.24, 2.45) is 0 Å². The Morgan fingerprint density at radius 3 is 3.04 bits per heavy atom. The predicted octanol–water partition coefficient (Wildman–Crippen LogP) is 3.14. The lowest BCUT2D eigenvalue weighted by molar-refractivity contribution is 0.133. The molecule has 0 bridgehead atoms. The highest BCUT2D eigenvalue weighted by molar-refractivity contribution is 6.29. The highest BCUT2D eigenvalue weighted by atomic mass is 35.5. The number of halogens is 2. The van der Waals surface area contributed by atoms with Crippen molar-refractivity contribution in [3.05, 3.63) is 41.6 Å². The van der Waals surface area contributed by atoms with Crippen LogP contribution in [0.1, 0.15) is 12.8 Å². The number of nitrogens with one attached hydrogen (secondary N) is 1. The van der Waals surface area contributed by atoms with Crippen LogP contribution in [0.3, 0.4) is 0 Å². The van der Waals surface area contributed by atoms with Gasteiger partial charge in [-0.15, -0.1) is 0 Å². The van der Waals surface area contributed by atoms with Gasteiger partial charge in [0.25, 0.3) is 0 Å². The Balaban J connectivity index is 1.63. The van der Waals surface area contributed by atoms with Gasteiger partial charge < -0.3 is 15.3 Å². The maximum absolute atomic E-state index is 13.6. The van der Waals surface area contributed by atoms with Gasteiger partial charge in [0.15, 0.2) is 5.82 Å². The van der Waals surface area contributed by atoms with Crippen LogP contribution >= 0.6 is 11.6 Å². The summed E-state index contributed by atoms with van der Waals surface area (Å²) in [5, 5.41) is 12.6. The number of anilines is 1. The van der Waals surface area contributed by atoms with Gasteiger partial charge in [0.1, 0.15) is 28.1 Å². The Bertz CT molecular complexity index is 1010. The van der Waals surface area contributed by atoms with E-state index in [9.17, 15) is 9.18 Å². The van der Waals surface area contributed by atoms with E-state index in [2.05, 4.69) is 20.3 Å². The summed E-state index contributed by atoms with van der Waals surface area (Å²) < 4.78 is 15.2. The summed E-state index contributed by atoms with van der Waals surface area (Å²) in [6.45, 7) is 0.893. The molecule has 4 heterocycles. The van der Waals surface area contributed by atoms with Crippen LogP contribution in [-0.4, -0.2) is 54.6 Å². The van der Waals surface area contributed by atoms with E-state index in [1.54, 1.807) is 22.7 Å². The number of amides is 1. The number of piperidine rings is 1. The molecule has 2 N–H and O–H groups in total. The summed E-state index contributed by atoms with van der Waals surface area (Å²) in [6.07, 6.45) is 3.51. The van der Waals surface area contributed by atoms with E-state index in [1.807, 2.05) is 0 Å². The maximum atomic E-state index is 13.6. The number of carboxylic acid groups (broad SMARTS) is 1. The second-order valence-electron chi connectivity index (χ2n) is 6.33. The van der Waals surface area contributed by atoms with Gasteiger partial charge in [-0.1, -0.05) is 11.6 Å². The first-order chi connectivity index (χ1) is 13.0. The van der Waals surface area contributed by atoms with Crippen molar-refractivity contribution < 1.29 is 14.3 Å². The van der Waals surface area contributed by atoms with Crippen molar-refractivity contribution >= 4 is 29.2 Å². The van der Waals surface area contributed by atoms with E-state index in [0.29, 0.717) is 36.1 Å². The largest absolute Gasteiger partial charge is 0.465 e. The lowest BCUT2D eigenvalue weighted by Gasteiger charge is -2.31. The van der Waals surface area contributed by atoms with Crippen molar-refractivity contribution in [2.75, 3.05) is 18.4 Å². The molecule has 4 rings (SSSR count). The molecule has 3 aromatic rings. The zero-order valence-electron chi connectivity index (χ0n) is 14.1. The SMILES string of the molecule is O=C(O)N1CCC[C@@H](Nc2cc(Cl)nc(-c3cnc4ccc(F)cn34)n2)C1. The van der Waals surface area contributed by atoms with Gasteiger partial charge >= 0.3 is 6.09 Å². The highest BCUT2D eigenvalue weighted by Gasteiger charge is 2.23. The molecule has 1 atom stereocenters. The summed E-state index contributed by atoms with van der Waals surface area (Å²) in [4.78, 5) is 25.5. The van der Waals surface area contributed by atoms with Crippen LogP contribution < -0.4 is 5.32 Å². The van der Waals surface area contributed by atoms with E-state index in [4.69, 9.17) is 16.7 Å². The number of pyridine rings is 1. The molecule has 8 nitrogen and oxygen atoms in total. The Kier molecular flexibility index (Phi) is 4.53. The first-order valence-electron chi connectivity index (χ1n) is 8.41. The van der Waals surface area contributed by atoms with E-state index in [-0.39, 0.29) is 11.2 Å². The summed E-state index contributed by atoms with van der Waals surface area (Å²) in [5.74, 6) is 0.376. The molecule has 27 heavy (non-hydrogen) atoms. The lowest BCUT2D eigenvalue weighted by atomic mass is 10.1. The third-order valence-corrected chi connectivity index (χ3v) is 4.63. The summed E-state index contributed by atoms with van der Waals surface area (Å²) in [5.41, 5.74) is 1.07. The maximum Gasteiger partial charge on any atom is 0.407 e. The average Bonchev–Trinajstić information content (AvgIpc) is 3.04. The van der Waals surface area contributed by atoms with Gasteiger partial charge in [0, 0.05) is 31.4 Å². The smallest absolute Gasteiger partial charge is 0.407 e. The highest BCUT2D eigenvalue weighted by Crippen LogP contribution is 2.23. The van der Waals surface area contributed by atoms with Gasteiger partial charge in [-0.25, -0.2) is 24.1 Å². The van der Waals surface area contributed by atoms with E-state index in [1.165, 1.54) is 17.2 Å². The number of fused-ring (bicyclic) bond motifs is 1. The normalized spacial score (nSPS) is 17.3. The minimum absolute atomic E-state index is 0.0757. The Morgan fingerprint density at radius 1 is 1.37 bits per heavy atom. The van der Waals surface area contributed by atoms with Crippen LogP contribution in [0, 0.1) is 5.82 Å². The van der Waals surface area contributed by atoms with E-state index < -0.39 is 11.9 Å². The zero-order valence-corrected chi connectivity index (χ0v) is 14.9. The molecule has 0 spiro atoms. The molecule has 1 aliphatic rings. The summed E-state index contributed by atoms with van der Waals surface area (Å²) in [7, 11) is 0. The van der Waals surface area contributed by atoms with Gasteiger partial charge in [-0.3, -0.25) is 4.40 Å². The molecule has 0 aliphatic carbocycles. The van der Waals surface area contributed by atoms with Gasteiger partial charge in [0.2, 0.25) is 0 Å². The van der Waals surface area contributed by atoms with Crippen LogP contribution in [-0.2, 0) is 0 Å². The molecule has 1 fully saturated rings. The van der Waals surface area contributed by atoms with Crippen molar-refractivity contribution in [3.63, 3.8) is 0 Å². The number of likely N-dealkylation sites (tertiary alicyclic amines) is 1. The fourth-order valence-electron chi connectivity index (χ4n) is 3.20. The number of hydrogen-bond acceptors (Lipinski definition) is 5. The molecular formula is C17H16ClFN6O2. The van der Waals surface area contributed by atoms with Crippen LogP contribution in [0.15, 0.2) is 30.6 Å². The molecule has 1 amide bonds. The predicted molar refractivity (Wildman–Crippen MR) is 97.4 cm³/mol. The van der Waals surface area contributed by atoms with Gasteiger partial charge in [0.05, 0.1) is 6.20 Å². The Hall–Kier alpha value is -2.94. The number of hydrogen-bond donors (Lipinski definition) is 2. The first kappa shape index (κ1) is 17.5. The molecule has 0 unspecified atom stereocenters. The first-order valence-corrected chi connectivity index (χ1v) is 8.79. The average molecular weight is 391 g/mol. The fourth-order valence-corrected chi connectivity index (χ4v) is 3.39. The molecule has 1 aliphatic heterocycles. The lowest BCUT2D eigenvalue weighted by Crippen LogP contribution is -2.44. The second-order valence-corrected chi connectivity index (χ2v) is 6.72. The molecule has 10 heteroatoms. The van der Waals surface area contributed by atoms with Crippen LogP contribution in [0.5, 0.6) is 0 Å². The molecular weight excluding hydrogens is 375 g/mol. The third kappa shape index (κ3) is 3.63. The van der Waals surface area contributed by atoms with Crippen molar-refractivity contribution in [3.8, 4) is 11.5 Å². The van der Waals surface area contributed by atoms with Gasteiger partial charge in [-0.05, 0) is 25.0 Å². The summed E-state index contributed by atoms with van der Waals surface area (Å²) >= 11 is 6.15. The van der Waals surface area contributed by atoms with E-state index in [0.717, 1.165) is 12.8 Å². The molecule has 3 aromatic heterocycles. The number of carbonyl (C=O) groups is 1. The van der Waals surface area contributed by atoms with Crippen molar-refractivity contribution in [1.82, 2.24) is 24.3 Å². The number of imidazole rings is 1. The van der Waals surface area contributed by atoms with E-state index >= 15 is 0 Å². The van der Waals surface area contributed by atoms with Crippen LogP contribution in [0.2, 0.25) is 5.15 Å². The second kappa shape index (κ2) is 6.99. The molecule has 0 radical (unpaired) electrons. The zero-order chi connectivity index (χ0) is 19.0. The number of rotatable bonds is 3. The van der Waals surface area contributed by atoms with Crippen molar-refractivity contribution in [2.45, 2.75) is 18.9 Å². The standard InChI is InChI=1S/C17H16ClFN6O2/c18-13-6-14(21-11-2-1-5-24(9-11)17(26)27)23-16(22-13)12-7-20-15-4-3-10(19)8-25(12)15/h3-4,6-8,11H,1-2,5,9H2,(H,26,27)(H,21,22,23)/t11-/m1/s1. The minimum Gasteiger partial charge on any atom is -0.465 e. The molecule has 1 saturated heterocycles. The van der Waals surface area contributed by atoms with Crippen LogP contribution in [0.4, 0.5) is 15.0 Å². The number of nitrogens with zero attached hydrogens (tertiary/aromatic N) is 5. The minimum atomic E-state index is -0.935. The Morgan fingerprint density at radius 2 is 2.22 bits per heavy atom. The molecule has 0 aromatic carbocycles. The quantitative estimate of drug-likeness (QED) is 0.667. The fraction of sp³-hybridized carbons (Fsp3) is 0.294. The van der Waals surface area contributed by atoms with Crippen molar-refractivity contribution in [1.29, 1.82) is 0 Å².